The van der Waals surface area contributed by atoms with Crippen LogP contribution in [-0.2, 0) is 11.3 Å². The zero-order chi connectivity index (χ0) is 30.8. The van der Waals surface area contributed by atoms with Crippen molar-refractivity contribution >= 4 is 45.6 Å². The number of fused-ring (bicyclic) bond motifs is 3. The lowest BCUT2D eigenvalue weighted by atomic mass is 10.1. The molecule has 1 fully saturated rings. The van der Waals surface area contributed by atoms with Crippen LogP contribution >= 0.6 is 11.8 Å². The minimum atomic E-state index is -0.433. The van der Waals surface area contributed by atoms with Crippen molar-refractivity contribution in [3.05, 3.63) is 83.9 Å². The fourth-order valence-corrected chi connectivity index (χ4v) is 6.51. The third-order valence-corrected chi connectivity index (χ3v) is 8.95. The van der Waals surface area contributed by atoms with Crippen LogP contribution in [-0.4, -0.2) is 86.5 Å². The molecule has 0 bridgehead atoms. The summed E-state index contributed by atoms with van der Waals surface area (Å²) in [5.74, 6) is 0.914. The molecule has 10 nitrogen and oxygen atoms in total. The molecule has 3 heterocycles. The number of para-hydroxylation sites is 1. The van der Waals surface area contributed by atoms with Gasteiger partial charge in [-0.2, -0.15) is 0 Å². The number of piperazine rings is 1. The number of amides is 2. The van der Waals surface area contributed by atoms with Gasteiger partial charge < -0.3 is 23.8 Å². The molecule has 6 rings (SSSR count). The molecule has 44 heavy (non-hydrogen) atoms. The van der Waals surface area contributed by atoms with Gasteiger partial charge in [0, 0.05) is 43.7 Å². The van der Waals surface area contributed by atoms with E-state index in [1.807, 2.05) is 55.1 Å². The molecule has 11 heteroatoms. The van der Waals surface area contributed by atoms with Gasteiger partial charge in [0.1, 0.15) is 17.0 Å². The van der Waals surface area contributed by atoms with Gasteiger partial charge in [0.25, 0.3) is 5.91 Å². The molecule has 0 N–H and O–H groups in total. The second kappa shape index (κ2) is 12.5. The molecule has 2 amide bonds. The molecular formula is C33H34N6O4S. The summed E-state index contributed by atoms with van der Waals surface area (Å²) in [7, 11) is 3.10. The molecule has 0 spiro atoms. The summed E-state index contributed by atoms with van der Waals surface area (Å²) < 4.78 is 12.9. The maximum atomic E-state index is 13.6. The van der Waals surface area contributed by atoms with Crippen LogP contribution in [0.3, 0.4) is 0 Å². The number of aromatic nitrogens is 4. The van der Waals surface area contributed by atoms with Crippen LogP contribution in [0.1, 0.15) is 29.8 Å². The van der Waals surface area contributed by atoms with E-state index in [2.05, 4.69) is 33.0 Å². The van der Waals surface area contributed by atoms with Gasteiger partial charge in [-0.1, -0.05) is 60.3 Å². The molecule has 226 valence electrons. The number of thioether (sulfide) groups is 1. The zero-order valence-electron chi connectivity index (χ0n) is 25.1. The number of carbonyl (C=O) groups is 2. The number of hydrogen-bond acceptors (Lipinski definition) is 8. The van der Waals surface area contributed by atoms with Gasteiger partial charge in [-0.3, -0.25) is 9.59 Å². The molecule has 5 aromatic rings. The van der Waals surface area contributed by atoms with Crippen molar-refractivity contribution in [1.82, 2.24) is 29.5 Å². The molecule has 0 radical (unpaired) electrons. The van der Waals surface area contributed by atoms with Crippen LogP contribution in [0.25, 0.3) is 22.1 Å². The Morgan fingerprint density at radius 1 is 0.977 bits per heavy atom. The fourth-order valence-electron chi connectivity index (χ4n) is 5.72. The quantitative estimate of drug-likeness (QED) is 0.229. The highest BCUT2D eigenvalue weighted by Gasteiger charge is 2.33. The van der Waals surface area contributed by atoms with Crippen molar-refractivity contribution in [2.75, 3.05) is 33.9 Å². The molecule has 1 aliphatic rings. The first-order chi connectivity index (χ1) is 21.4. The van der Waals surface area contributed by atoms with E-state index < -0.39 is 5.25 Å². The Labute approximate surface area is 260 Å². The lowest BCUT2D eigenvalue weighted by molar-refractivity contribution is -0.132. The summed E-state index contributed by atoms with van der Waals surface area (Å²) in [6, 6.07) is 23.3. The van der Waals surface area contributed by atoms with Gasteiger partial charge in [0.2, 0.25) is 11.1 Å². The summed E-state index contributed by atoms with van der Waals surface area (Å²) in [5, 5.41) is 9.96. The number of methoxy groups -OCH3 is 2. The second-order valence-corrected chi connectivity index (χ2v) is 12.1. The van der Waals surface area contributed by atoms with Gasteiger partial charge in [-0.25, -0.2) is 4.98 Å². The van der Waals surface area contributed by atoms with Gasteiger partial charge in [0.15, 0.2) is 5.65 Å². The van der Waals surface area contributed by atoms with E-state index in [1.165, 1.54) is 18.9 Å². The normalized spacial score (nSPS) is 15.9. The monoisotopic (exact) mass is 610 g/mol. The summed E-state index contributed by atoms with van der Waals surface area (Å²) in [4.78, 5) is 35.5. The maximum Gasteiger partial charge on any atom is 0.257 e. The average Bonchev–Trinajstić information content (AvgIpc) is 3.36. The predicted octanol–water partition coefficient (Wildman–Crippen LogP) is 4.90. The summed E-state index contributed by atoms with van der Waals surface area (Å²) >= 11 is 1.30. The van der Waals surface area contributed by atoms with Crippen LogP contribution in [0, 0.1) is 0 Å². The van der Waals surface area contributed by atoms with E-state index in [-0.39, 0.29) is 17.9 Å². The van der Waals surface area contributed by atoms with Crippen LogP contribution in [0.2, 0.25) is 0 Å². The zero-order valence-corrected chi connectivity index (χ0v) is 26.0. The number of hydrogen-bond donors (Lipinski definition) is 0. The van der Waals surface area contributed by atoms with Gasteiger partial charge in [-0.05, 0) is 37.6 Å². The maximum absolute atomic E-state index is 13.6. The Kier molecular flexibility index (Phi) is 8.38. The molecular weight excluding hydrogens is 576 g/mol. The molecule has 0 saturated carbocycles. The highest BCUT2D eigenvalue weighted by atomic mass is 32.2. The van der Waals surface area contributed by atoms with E-state index in [0.29, 0.717) is 48.4 Å². The summed E-state index contributed by atoms with van der Waals surface area (Å²) in [5.41, 5.74) is 4.13. The second-order valence-electron chi connectivity index (χ2n) is 10.8. The topological polar surface area (TPSA) is 103 Å². The van der Waals surface area contributed by atoms with E-state index in [4.69, 9.17) is 14.5 Å². The number of nitrogens with zero attached hydrogens (tertiary/aromatic N) is 6. The van der Waals surface area contributed by atoms with Crippen molar-refractivity contribution in [1.29, 1.82) is 0 Å². The van der Waals surface area contributed by atoms with Gasteiger partial charge in [0.05, 0.1) is 30.5 Å². The van der Waals surface area contributed by atoms with Crippen LogP contribution in [0.5, 0.6) is 11.5 Å². The van der Waals surface area contributed by atoms with Gasteiger partial charge in [-0.15, -0.1) is 10.2 Å². The van der Waals surface area contributed by atoms with Crippen molar-refractivity contribution in [2.45, 2.75) is 36.8 Å². The number of benzene rings is 3. The van der Waals surface area contributed by atoms with Crippen LogP contribution < -0.4 is 9.47 Å². The number of carbonyl (C=O) groups excluding carboxylic acids is 2. The Balaban J connectivity index is 1.17. The molecule has 2 atom stereocenters. The standard InChI is InChI=1S/C33H34N6O4S/c1-21-19-37(16-17-38(21)32(41)26-15-14-24(42-3)18-28(26)43-4)31(40)22(2)44-33-34-30-29(35-36-33)25-12-8-9-13-27(25)39(30)20-23-10-6-5-7-11-23/h5-15,18,21-22H,16-17,19-20H2,1-4H3. The summed E-state index contributed by atoms with van der Waals surface area (Å²) in [6.07, 6.45) is 0. The highest BCUT2D eigenvalue weighted by molar-refractivity contribution is 8.00. The minimum Gasteiger partial charge on any atom is -0.497 e. The van der Waals surface area contributed by atoms with Crippen molar-refractivity contribution in [2.24, 2.45) is 0 Å². The lowest BCUT2D eigenvalue weighted by Crippen LogP contribution is -2.56. The highest BCUT2D eigenvalue weighted by Crippen LogP contribution is 2.30. The first-order valence-corrected chi connectivity index (χ1v) is 15.4. The largest absolute Gasteiger partial charge is 0.497 e. The van der Waals surface area contributed by atoms with E-state index >= 15 is 0 Å². The van der Waals surface area contributed by atoms with Crippen LogP contribution in [0.4, 0.5) is 0 Å². The Bertz CT molecular complexity index is 1830. The van der Waals surface area contributed by atoms with E-state index in [9.17, 15) is 9.59 Å². The Morgan fingerprint density at radius 3 is 2.50 bits per heavy atom. The van der Waals surface area contributed by atoms with Crippen LogP contribution in [0.15, 0.2) is 78.0 Å². The molecule has 0 aliphatic carbocycles. The fraction of sp³-hybridized carbons (Fsp3) is 0.303. The average molecular weight is 611 g/mol. The third kappa shape index (κ3) is 5.67. The van der Waals surface area contributed by atoms with Gasteiger partial charge >= 0.3 is 0 Å². The third-order valence-electron chi connectivity index (χ3n) is 8.01. The molecule has 2 aromatic heterocycles. The smallest absolute Gasteiger partial charge is 0.257 e. The van der Waals surface area contributed by atoms with E-state index in [1.54, 1.807) is 30.2 Å². The first kappa shape index (κ1) is 29.4. The first-order valence-electron chi connectivity index (χ1n) is 14.5. The molecule has 1 aliphatic heterocycles. The van der Waals surface area contributed by atoms with Crippen molar-refractivity contribution in [3.63, 3.8) is 0 Å². The summed E-state index contributed by atoms with van der Waals surface area (Å²) in [6.45, 7) is 5.74. The number of rotatable bonds is 8. The Morgan fingerprint density at radius 2 is 1.75 bits per heavy atom. The predicted molar refractivity (Wildman–Crippen MR) is 170 cm³/mol. The minimum absolute atomic E-state index is 0.0236. The van der Waals surface area contributed by atoms with E-state index in [0.717, 1.165) is 27.6 Å². The Hall–Kier alpha value is -4.64. The number of ether oxygens (including phenoxy) is 2. The van der Waals surface area contributed by atoms with Crippen molar-refractivity contribution < 1.29 is 19.1 Å². The SMILES string of the molecule is COc1ccc(C(=O)N2CCN(C(=O)C(C)Sc3nnc4c5ccccc5n(Cc5ccccc5)c4n3)CC2C)c(OC)c1. The lowest BCUT2D eigenvalue weighted by Gasteiger charge is -2.40. The molecule has 3 aromatic carbocycles. The molecule has 2 unspecified atom stereocenters. The molecule has 1 saturated heterocycles. The van der Waals surface area contributed by atoms with Crippen molar-refractivity contribution in [3.8, 4) is 11.5 Å².